The summed E-state index contributed by atoms with van der Waals surface area (Å²) in [6.07, 6.45) is 0.970. The number of hydrogen-bond donors (Lipinski definition) is 1. The van der Waals surface area contributed by atoms with E-state index in [0.29, 0.717) is 36.1 Å². The van der Waals surface area contributed by atoms with Crippen LogP contribution in [0.2, 0.25) is 5.02 Å². The standard InChI is InChI=1S/C13H14ClN3O2/c1-2-11(18)15-8-7-12-16-13(17-19-12)9-5-3-4-6-10(9)14/h3-6H,2,7-8H2,1H3,(H,15,18). The molecule has 0 atom stereocenters. The Hall–Kier alpha value is -1.88. The van der Waals surface area contributed by atoms with Gasteiger partial charge in [0.25, 0.3) is 0 Å². The molecule has 0 saturated heterocycles. The van der Waals surface area contributed by atoms with Crippen molar-refractivity contribution >= 4 is 17.5 Å². The van der Waals surface area contributed by atoms with E-state index >= 15 is 0 Å². The molecule has 6 heteroatoms. The van der Waals surface area contributed by atoms with Crippen molar-refractivity contribution in [3.05, 3.63) is 35.2 Å². The van der Waals surface area contributed by atoms with Crippen LogP contribution in [0.3, 0.4) is 0 Å². The van der Waals surface area contributed by atoms with Gasteiger partial charge < -0.3 is 9.84 Å². The number of halogens is 1. The van der Waals surface area contributed by atoms with E-state index in [1.54, 1.807) is 13.0 Å². The topological polar surface area (TPSA) is 68.0 Å². The Morgan fingerprint density at radius 2 is 2.21 bits per heavy atom. The van der Waals surface area contributed by atoms with Crippen LogP contribution in [0.15, 0.2) is 28.8 Å². The molecule has 0 spiro atoms. The van der Waals surface area contributed by atoms with Crippen molar-refractivity contribution in [1.29, 1.82) is 0 Å². The zero-order chi connectivity index (χ0) is 13.7. The minimum absolute atomic E-state index is 0.00541. The number of aromatic nitrogens is 2. The van der Waals surface area contributed by atoms with Crippen LogP contribution in [-0.2, 0) is 11.2 Å². The molecule has 0 radical (unpaired) electrons. The maximum absolute atomic E-state index is 11.1. The Bertz CT molecular complexity index is 569. The maximum Gasteiger partial charge on any atom is 0.228 e. The minimum Gasteiger partial charge on any atom is -0.356 e. The van der Waals surface area contributed by atoms with E-state index in [9.17, 15) is 4.79 Å². The smallest absolute Gasteiger partial charge is 0.228 e. The molecule has 0 aliphatic rings. The summed E-state index contributed by atoms with van der Waals surface area (Å²) >= 11 is 6.05. The van der Waals surface area contributed by atoms with Gasteiger partial charge in [-0.1, -0.05) is 35.8 Å². The number of carbonyl (C=O) groups excluding carboxylic acids is 1. The van der Waals surface area contributed by atoms with E-state index in [1.165, 1.54) is 0 Å². The van der Waals surface area contributed by atoms with Gasteiger partial charge in [0.15, 0.2) is 0 Å². The van der Waals surface area contributed by atoms with Crippen LogP contribution in [-0.4, -0.2) is 22.6 Å². The molecule has 5 nitrogen and oxygen atoms in total. The average Bonchev–Trinajstić information content (AvgIpc) is 2.87. The summed E-state index contributed by atoms with van der Waals surface area (Å²) in [5.41, 5.74) is 0.733. The summed E-state index contributed by atoms with van der Waals surface area (Å²) in [6, 6.07) is 7.30. The highest BCUT2D eigenvalue weighted by Gasteiger charge is 2.11. The molecular formula is C13H14ClN3O2. The molecular weight excluding hydrogens is 266 g/mol. The first-order valence-electron chi connectivity index (χ1n) is 6.05. The molecule has 0 unspecified atom stereocenters. The first kappa shape index (κ1) is 13.5. The quantitative estimate of drug-likeness (QED) is 0.913. The van der Waals surface area contributed by atoms with Gasteiger partial charge in [-0.15, -0.1) is 0 Å². The molecule has 1 amide bonds. The fourth-order valence-electron chi connectivity index (χ4n) is 1.54. The third-order valence-corrected chi connectivity index (χ3v) is 2.89. The Balaban J connectivity index is 2.00. The van der Waals surface area contributed by atoms with Crippen molar-refractivity contribution < 1.29 is 9.32 Å². The molecule has 0 saturated carbocycles. The zero-order valence-corrected chi connectivity index (χ0v) is 11.3. The van der Waals surface area contributed by atoms with E-state index in [2.05, 4.69) is 15.5 Å². The average molecular weight is 280 g/mol. The van der Waals surface area contributed by atoms with E-state index in [-0.39, 0.29) is 5.91 Å². The van der Waals surface area contributed by atoms with Crippen LogP contribution in [0, 0.1) is 0 Å². The number of hydrogen-bond acceptors (Lipinski definition) is 4. The van der Waals surface area contributed by atoms with Crippen LogP contribution < -0.4 is 5.32 Å². The lowest BCUT2D eigenvalue weighted by Gasteiger charge is -1.99. The molecule has 0 aliphatic heterocycles. The molecule has 19 heavy (non-hydrogen) atoms. The van der Waals surface area contributed by atoms with Gasteiger partial charge in [-0.05, 0) is 12.1 Å². The summed E-state index contributed by atoms with van der Waals surface area (Å²) in [4.78, 5) is 15.3. The van der Waals surface area contributed by atoms with E-state index in [0.717, 1.165) is 5.56 Å². The van der Waals surface area contributed by atoms with Crippen LogP contribution in [0.1, 0.15) is 19.2 Å². The lowest BCUT2D eigenvalue weighted by Crippen LogP contribution is -2.24. The second-order valence-corrected chi connectivity index (χ2v) is 4.35. The summed E-state index contributed by atoms with van der Waals surface area (Å²) in [5.74, 6) is 0.944. The van der Waals surface area contributed by atoms with Gasteiger partial charge in [-0.2, -0.15) is 4.98 Å². The number of benzene rings is 1. The molecule has 1 N–H and O–H groups in total. The lowest BCUT2D eigenvalue weighted by atomic mass is 10.2. The first-order chi connectivity index (χ1) is 9.20. The van der Waals surface area contributed by atoms with E-state index in [4.69, 9.17) is 16.1 Å². The Morgan fingerprint density at radius 1 is 1.42 bits per heavy atom. The van der Waals surface area contributed by atoms with Gasteiger partial charge >= 0.3 is 0 Å². The van der Waals surface area contributed by atoms with E-state index < -0.39 is 0 Å². The number of rotatable bonds is 5. The van der Waals surface area contributed by atoms with Crippen LogP contribution >= 0.6 is 11.6 Å². The van der Waals surface area contributed by atoms with Crippen molar-refractivity contribution in [2.24, 2.45) is 0 Å². The molecule has 0 fully saturated rings. The highest BCUT2D eigenvalue weighted by Crippen LogP contribution is 2.24. The van der Waals surface area contributed by atoms with Crippen LogP contribution in [0.4, 0.5) is 0 Å². The fourth-order valence-corrected chi connectivity index (χ4v) is 1.76. The Labute approximate surface area is 116 Å². The van der Waals surface area contributed by atoms with Crippen molar-refractivity contribution in [2.45, 2.75) is 19.8 Å². The minimum atomic E-state index is 0.00541. The predicted octanol–water partition coefficient (Wildman–Crippen LogP) is 2.46. The summed E-state index contributed by atoms with van der Waals surface area (Å²) in [6.45, 7) is 2.29. The van der Waals surface area contributed by atoms with Gasteiger partial charge in [0.2, 0.25) is 17.6 Å². The lowest BCUT2D eigenvalue weighted by molar-refractivity contribution is -0.120. The van der Waals surface area contributed by atoms with E-state index in [1.807, 2.05) is 18.2 Å². The number of nitrogens with zero attached hydrogens (tertiary/aromatic N) is 2. The highest BCUT2D eigenvalue weighted by atomic mass is 35.5. The van der Waals surface area contributed by atoms with Gasteiger partial charge in [0.1, 0.15) is 0 Å². The van der Waals surface area contributed by atoms with Crippen molar-refractivity contribution in [3.63, 3.8) is 0 Å². The summed E-state index contributed by atoms with van der Waals surface area (Å²) < 4.78 is 5.12. The number of amides is 1. The monoisotopic (exact) mass is 279 g/mol. The second-order valence-electron chi connectivity index (χ2n) is 3.95. The Kier molecular flexibility index (Phi) is 4.52. The van der Waals surface area contributed by atoms with Gasteiger partial charge in [0, 0.05) is 24.9 Å². The van der Waals surface area contributed by atoms with Crippen molar-refractivity contribution in [3.8, 4) is 11.4 Å². The normalized spacial score (nSPS) is 10.4. The SMILES string of the molecule is CCC(=O)NCCc1nc(-c2ccccc2Cl)no1. The largest absolute Gasteiger partial charge is 0.356 e. The fraction of sp³-hybridized carbons (Fsp3) is 0.308. The third kappa shape index (κ3) is 3.54. The molecule has 1 aromatic heterocycles. The second kappa shape index (κ2) is 6.33. The summed E-state index contributed by atoms with van der Waals surface area (Å²) in [7, 11) is 0. The molecule has 100 valence electrons. The summed E-state index contributed by atoms with van der Waals surface area (Å²) in [5, 5.41) is 7.21. The maximum atomic E-state index is 11.1. The molecule has 1 aromatic carbocycles. The first-order valence-corrected chi connectivity index (χ1v) is 6.42. The molecule has 2 rings (SSSR count). The molecule has 1 heterocycles. The number of carbonyl (C=O) groups is 1. The van der Waals surface area contributed by atoms with Crippen LogP contribution in [0.25, 0.3) is 11.4 Å². The predicted molar refractivity (Wildman–Crippen MR) is 71.7 cm³/mol. The third-order valence-electron chi connectivity index (χ3n) is 2.56. The van der Waals surface area contributed by atoms with Gasteiger partial charge in [-0.25, -0.2) is 0 Å². The zero-order valence-electron chi connectivity index (χ0n) is 10.5. The molecule has 0 aliphatic carbocycles. The number of nitrogens with one attached hydrogen (secondary N) is 1. The molecule has 0 bridgehead atoms. The van der Waals surface area contributed by atoms with Crippen molar-refractivity contribution in [1.82, 2.24) is 15.5 Å². The molecule has 2 aromatic rings. The highest BCUT2D eigenvalue weighted by molar-refractivity contribution is 6.33. The Morgan fingerprint density at radius 3 is 2.95 bits per heavy atom. The van der Waals surface area contributed by atoms with Crippen molar-refractivity contribution in [2.75, 3.05) is 6.54 Å². The van der Waals surface area contributed by atoms with Gasteiger partial charge in [0.05, 0.1) is 5.02 Å². The van der Waals surface area contributed by atoms with Gasteiger partial charge in [-0.3, -0.25) is 4.79 Å². The van der Waals surface area contributed by atoms with Crippen LogP contribution in [0.5, 0.6) is 0 Å².